The van der Waals surface area contributed by atoms with Crippen molar-refractivity contribution in [2.24, 2.45) is 23.7 Å². The highest BCUT2D eigenvalue weighted by molar-refractivity contribution is 5.80. The number of fused-ring (bicyclic) bond motifs is 2. The molecular weight excluding hydrogens is 172 g/mol. The van der Waals surface area contributed by atoms with E-state index in [1.165, 1.54) is 38.5 Å². The van der Waals surface area contributed by atoms with E-state index in [4.69, 9.17) is 0 Å². The molecule has 2 bridgehead atoms. The number of carbonyl (C=O) groups is 1. The Hall–Kier alpha value is -0.330. The number of rotatable bonds is 2. The van der Waals surface area contributed by atoms with Gasteiger partial charge in [-0.05, 0) is 55.8 Å². The summed E-state index contributed by atoms with van der Waals surface area (Å²) in [6.45, 7) is 0. The Morgan fingerprint density at radius 2 is 2.07 bits per heavy atom. The molecule has 4 unspecified atom stereocenters. The van der Waals surface area contributed by atoms with E-state index in [-0.39, 0.29) is 0 Å². The van der Waals surface area contributed by atoms with Crippen molar-refractivity contribution in [2.45, 2.75) is 51.4 Å². The van der Waals surface area contributed by atoms with Crippen LogP contribution in [0.2, 0.25) is 0 Å². The molecule has 3 rings (SSSR count). The standard InChI is InChI=1S/C13H20O/c14-13-4-2-10(8-13)7-12-6-9-1-3-11(12)5-9/h9-12H,1-8H2. The summed E-state index contributed by atoms with van der Waals surface area (Å²) in [6.07, 6.45) is 10.4. The molecule has 0 N–H and O–H groups in total. The molecule has 14 heavy (non-hydrogen) atoms. The molecular formula is C13H20O. The molecule has 0 aliphatic heterocycles. The van der Waals surface area contributed by atoms with E-state index < -0.39 is 0 Å². The van der Waals surface area contributed by atoms with Crippen LogP contribution in [0.5, 0.6) is 0 Å². The molecule has 1 heteroatoms. The molecule has 0 amide bonds. The highest BCUT2D eigenvalue weighted by Gasteiger charge is 2.40. The van der Waals surface area contributed by atoms with E-state index in [9.17, 15) is 4.79 Å². The zero-order valence-corrected chi connectivity index (χ0v) is 8.87. The normalized spacial score (nSPS) is 46.4. The largest absolute Gasteiger partial charge is 0.300 e. The van der Waals surface area contributed by atoms with Gasteiger partial charge < -0.3 is 0 Å². The molecule has 3 aliphatic rings. The molecule has 3 fully saturated rings. The monoisotopic (exact) mass is 192 g/mol. The van der Waals surface area contributed by atoms with Crippen molar-refractivity contribution in [2.75, 3.05) is 0 Å². The lowest BCUT2D eigenvalue weighted by Gasteiger charge is -2.24. The summed E-state index contributed by atoms with van der Waals surface area (Å²) in [4.78, 5) is 11.2. The van der Waals surface area contributed by atoms with E-state index in [0.717, 1.165) is 36.5 Å². The zero-order chi connectivity index (χ0) is 9.54. The first-order chi connectivity index (χ1) is 6.81. The van der Waals surface area contributed by atoms with Crippen LogP contribution in [-0.2, 0) is 4.79 Å². The number of ketones is 1. The summed E-state index contributed by atoms with van der Waals surface area (Å²) in [5.41, 5.74) is 0. The molecule has 0 radical (unpaired) electrons. The Balaban J connectivity index is 1.55. The lowest BCUT2D eigenvalue weighted by atomic mass is 9.82. The first-order valence-corrected chi connectivity index (χ1v) is 6.33. The summed E-state index contributed by atoms with van der Waals surface area (Å²) in [7, 11) is 0. The van der Waals surface area contributed by atoms with E-state index >= 15 is 0 Å². The van der Waals surface area contributed by atoms with Crippen molar-refractivity contribution in [3.63, 3.8) is 0 Å². The van der Waals surface area contributed by atoms with Crippen LogP contribution in [0, 0.1) is 23.7 Å². The second-order valence-corrected chi connectivity index (χ2v) is 5.82. The summed E-state index contributed by atoms with van der Waals surface area (Å²) in [6, 6.07) is 0. The average Bonchev–Trinajstić information content (AvgIpc) is 2.82. The minimum Gasteiger partial charge on any atom is -0.300 e. The highest BCUT2D eigenvalue weighted by Crippen LogP contribution is 2.51. The lowest BCUT2D eigenvalue weighted by molar-refractivity contribution is -0.117. The van der Waals surface area contributed by atoms with Crippen molar-refractivity contribution in [1.82, 2.24) is 0 Å². The van der Waals surface area contributed by atoms with Crippen LogP contribution in [0.15, 0.2) is 0 Å². The second-order valence-electron chi connectivity index (χ2n) is 5.82. The minimum absolute atomic E-state index is 0.526. The number of hydrogen-bond donors (Lipinski definition) is 0. The molecule has 0 spiro atoms. The van der Waals surface area contributed by atoms with E-state index in [0.29, 0.717) is 5.78 Å². The Bertz CT molecular complexity index is 246. The molecule has 1 nitrogen and oxygen atoms in total. The highest BCUT2D eigenvalue weighted by atomic mass is 16.1. The van der Waals surface area contributed by atoms with Gasteiger partial charge in [0.15, 0.2) is 0 Å². The Labute approximate surface area is 86.3 Å². The molecule has 0 saturated heterocycles. The molecule has 0 heterocycles. The van der Waals surface area contributed by atoms with Gasteiger partial charge in [-0.1, -0.05) is 6.42 Å². The van der Waals surface area contributed by atoms with Gasteiger partial charge in [0.25, 0.3) is 0 Å². The van der Waals surface area contributed by atoms with Gasteiger partial charge in [-0.2, -0.15) is 0 Å². The maximum Gasteiger partial charge on any atom is 0.133 e. The van der Waals surface area contributed by atoms with Gasteiger partial charge in [0.05, 0.1) is 0 Å². The maximum atomic E-state index is 11.2. The topological polar surface area (TPSA) is 17.1 Å². The first-order valence-electron chi connectivity index (χ1n) is 6.33. The summed E-state index contributed by atoms with van der Waals surface area (Å²) >= 11 is 0. The molecule has 4 atom stereocenters. The first kappa shape index (κ1) is 8.94. The number of Topliss-reactive ketones (excluding diaryl/α,β-unsaturated/α-hetero) is 1. The lowest BCUT2D eigenvalue weighted by Crippen LogP contribution is -2.14. The van der Waals surface area contributed by atoms with E-state index in [1.807, 2.05) is 0 Å². The zero-order valence-electron chi connectivity index (χ0n) is 8.87. The molecule has 0 aromatic heterocycles. The third-order valence-electron chi connectivity index (χ3n) is 4.87. The molecule has 0 aromatic carbocycles. The fourth-order valence-electron chi connectivity index (χ4n) is 4.19. The van der Waals surface area contributed by atoms with Crippen LogP contribution in [0.3, 0.4) is 0 Å². The number of hydrogen-bond acceptors (Lipinski definition) is 1. The Kier molecular flexibility index (Phi) is 2.14. The van der Waals surface area contributed by atoms with Crippen molar-refractivity contribution in [3.8, 4) is 0 Å². The summed E-state index contributed by atoms with van der Waals surface area (Å²) in [5, 5.41) is 0. The third kappa shape index (κ3) is 1.51. The van der Waals surface area contributed by atoms with E-state index in [1.54, 1.807) is 0 Å². The summed E-state index contributed by atoms with van der Waals surface area (Å²) in [5.74, 6) is 4.42. The van der Waals surface area contributed by atoms with Gasteiger partial charge >= 0.3 is 0 Å². The predicted molar refractivity (Wildman–Crippen MR) is 55.9 cm³/mol. The SMILES string of the molecule is O=C1CCC(CC2CC3CCC2C3)C1. The Morgan fingerprint density at radius 3 is 2.64 bits per heavy atom. The predicted octanol–water partition coefficient (Wildman–Crippen LogP) is 3.18. The third-order valence-corrected chi connectivity index (χ3v) is 4.87. The maximum absolute atomic E-state index is 11.2. The fraction of sp³-hybridized carbons (Fsp3) is 0.923. The van der Waals surface area contributed by atoms with Gasteiger partial charge in [0.1, 0.15) is 5.78 Å². The van der Waals surface area contributed by atoms with Crippen molar-refractivity contribution >= 4 is 5.78 Å². The Morgan fingerprint density at radius 1 is 1.14 bits per heavy atom. The van der Waals surface area contributed by atoms with E-state index in [2.05, 4.69) is 0 Å². The van der Waals surface area contributed by atoms with Gasteiger partial charge in [-0.25, -0.2) is 0 Å². The van der Waals surface area contributed by atoms with Crippen molar-refractivity contribution in [3.05, 3.63) is 0 Å². The summed E-state index contributed by atoms with van der Waals surface area (Å²) < 4.78 is 0. The fourth-order valence-corrected chi connectivity index (χ4v) is 4.19. The molecule has 3 aliphatic carbocycles. The van der Waals surface area contributed by atoms with Gasteiger partial charge in [-0.3, -0.25) is 4.79 Å². The quantitative estimate of drug-likeness (QED) is 0.656. The van der Waals surface area contributed by atoms with Crippen LogP contribution >= 0.6 is 0 Å². The van der Waals surface area contributed by atoms with Crippen molar-refractivity contribution < 1.29 is 4.79 Å². The number of carbonyl (C=O) groups excluding carboxylic acids is 1. The molecule has 3 saturated carbocycles. The van der Waals surface area contributed by atoms with Crippen LogP contribution in [0.4, 0.5) is 0 Å². The molecule has 78 valence electrons. The van der Waals surface area contributed by atoms with Gasteiger partial charge in [0, 0.05) is 12.8 Å². The van der Waals surface area contributed by atoms with Crippen LogP contribution in [0.25, 0.3) is 0 Å². The van der Waals surface area contributed by atoms with Gasteiger partial charge in [-0.15, -0.1) is 0 Å². The van der Waals surface area contributed by atoms with Crippen LogP contribution in [0.1, 0.15) is 51.4 Å². The minimum atomic E-state index is 0.526. The second kappa shape index (κ2) is 3.36. The van der Waals surface area contributed by atoms with Gasteiger partial charge in [0.2, 0.25) is 0 Å². The average molecular weight is 192 g/mol. The van der Waals surface area contributed by atoms with Crippen molar-refractivity contribution in [1.29, 1.82) is 0 Å². The smallest absolute Gasteiger partial charge is 0.133 e. The van der Waals surface area contributed by atoms with Crippen LogP contribution in [-0.4, -0.2) is 5.78 Å². The van der Waals surface area contributed by atoms with Crippen LogP contribution < -0.4 is 0 Å². The molecule has 0 aromatic rings.